The monoisotopic (exact) mass is 293 g/mol. The molecule has 2 fully saturated rings. The molecule has 114 valence electrons. The zero-order chi connectivity index (χ0) is 14.8. The van der Waals surface area contributed by atoms with Crippen LogP contribution < -0.4 is 5.32 Å². The average Bonchev–Trinajstić information content (AvgIpc) is 2.93. The molecule has 0 spiro atoms. The molecule has 2 aromatic rings. The highest BCUT2D eigenvalue weighted by Gasteiger charge is 2.35. The van der Waals surface area contributed by atoms with Gasteiger partial charge in [-0.25, -0.2) is 0 Å². The Balaban J connectivity index is 1.58. The zero-order valence-corrected chi connectivity index (χ0v) is 12.8. The molecular weight excluding hydrogens is 270 g/mol. The van der Waals surface area contributed by atoms with E-state index < -0.39 is 0 Å². The molecule has 0 aliphatic carbocycles. The fourth-order valence-electron chi connectivity index (χ4n) is 3.91. The summed E-state index contributed by atoms with van der Waals surface area (Å²) in [6.07, 6.45) is 5.32. The maximum atomic E-state index is 6.60. The van der Waals surface area contributed by atoms with E-state index in [-0.39, 0.29) is 6.10 Å². The van der Waals surface area contributed by atoms with Gasteiger partial charge in [-0.15, -0.1) is 0 Å². The normalized spacial score (nSPS) is 27.2. The topological polar surface area (TPSA) is 21.3 Å². The highest BCUT2D eigenvalue weighted by atomic mass is 16.5. The molecule has 2 nitrogen and oxygen atoms in total. The van der Waals surface area contributed by atoms with E-state index in [4.69, 9.17) is 4.74 Å². The molecule has 2 aromatic carbocycles. The summed E-state index contributed by atoms with van der Waals surface area (Å²) in [7, 11) is 0. The maximum Gasteiger partial charge on any atom is 0.108 e. The molecule has 2 unspecified atom stereocenters. The highest BCUT2D eigenvalue weighted by molar-refractivity contribution is 5.30. The number of ether oxygens (including phenoxy) is 1. The lowest BCUT2D eigenvalue weighted by atomic mass is 9.98. The molecule has 2 bridgehead atoms. The summed E-state index contributed by atoms with van der Waals surface area (Å²) >= 11 is 0. The van der Waals surface area contributed by atoms with Crippen LogP contribution in [-0.4, -0.2) is 18.2 Å². The molecule has 2 aliphatic rings. The fraction of sp³-hybridized carbons (Fsp3) is 0.400. The number of fused-ring (bicyclic) bond motifs is 2. The van der Waals surface area contributed by atoms with Crippen molar-refractivity contribution in [3.63, 3.8) is 0 Å². The van der Waals surface area contributed by atoms with Crippen LogP contribution in [0.1, 0.15) is 42.9 Å². The second-order valence-electron chi connectivity index (χ2n) is 6.57. The van der Waals surface area contributed by atoms with Crippen LogP contribution >= 0.6 is 0 Å². The lowest BCUT2D eigenvalue weighted by molar-refractivity contribution is -0.0181. The molecule has 2 saturated heterocycles. The Bertz CT molecular complexity index is 546. The third-order valence-electron chi connectivity index (χ3n) is 4.96. The molecule has 0 radical (unpaired) electrons. The minimum atomic E-state index is 0.0462. The first-order valence-corrected chi connectivity index (χ1v) is 8.40. The van der Waals surface area contributed by atoms with Crippen LogP contribution in [0, 0.1) is 0 Å². The van der Waals surface area contributed by atoms with E-state index in [1.165, 1.54) is 24.0 Å². The van der Waals surface area contributed by atoms with Gasteiger partial charge < -0.3 is 10.1 Å². The Morgan fingerprint density at radius 1 is 0.773 bits per heavy atom. The summed E-state index contributed by atoms with van der Waals surface area (Å²) in [6, 6.07) is 22.5. The molecule has 1 N–H and O–H groups in total. The second-order valence-corrected chi connectivity index (χ2v) is 6.57. The Kier molecular flexibility index (Phi) is 3.96. The lowest BCUT2D eigenvalue weighted by Gasteiger charge is -2.32. The van der Waals surface area contributed by atoms with Gasteiger partial charge >= 0.3 is 0 Å². The van der Waals surface area contributed by atoms with Crippen molar-refractivity contribution in [1.29, 1.82) is 0 Å². The van der Waals surface area contributed by atoms with Crippen LogP contribution in [0.5, 0.6) is 0 Å². The molecular formula is C20H23NO. The number of piperidine rings is 1. The van der Waals surface area contributed by atoms with Crippen molar-refractivity contribution < 1.29 is 4.74 Å². The molecule has 4 rings (SSSR count). The molecule has 0 amide bonds. The van der Waals surface area contributed by atoms with Gasteiger partial charge in [-0.05, 0) is 36.8 Å². The maximum absolute atomic E-state index is 6.60. The van der Waals surface area contributed by atoms with Gasteiger partial charge in [0.1, 0.15) is 6.10 Å². The standard InChI is InChI=1S/C20H23NO/c1-3-7-15(8-4-1)20(16-9-5-2-6-10-16)22-19-13-17-11-12-18(14-19)21-17/h1-10,17-21H,11-14H2. The summed E-state index contributed by atoms with van der Waals surface area (Å²) in [4.78, 5) is 0. The smallest absolute Gasteiger partial charge is 0.108 e. The van der Waals surface area contributed by atoms with Crippen molar-refractivity contribution >= 4 is 0 Å². The van der Waals surface area contributed by atoms with Gasteiger partial charge in [-0.2, -0.15) is 0 Å². The third-order valence-corrected chi connectivity index (χ3v) is 4.96. The third kappa shape index (κ3) is 2.94. The van der Waals surface area contributed by atoms with Gasteiger partial charge in [-0.1, -0.05) is 60.7 Å². The first kappa shape index (κ1) is 14.0. The molecule has 22 heavy (non-hydrogen) atoms. The fourth-order valence-corrected chi connectivity index (χ4v) is 3.91. The van der Waals surface area contributed by atoms with Crippen LogP contribution in [0.15, 0.2) is 60.7 Å². The van der Waals surface area contributed by atoms with Crippen LogP contribution in [0.25, 0.3) is 0 Å². The molecule has 2 atom stereocenters. The number of hydrogen-bond donors (Lipinski definition) is 1. The van der Waals surface area contributed by atoms with Crippen LogP contribution in [-0.2, 0) is 4.74 Å². The van der Waals surface area contributed by atoms with Gasteiger partial charge in [0.05, 0.1) is 6.10 Å². The predicted molar refractivity (Wildman–Crippen MR) is 88.8 cm³/mol. The van der Waals surface area contributed by atoms with Gasteiger partial charge in [0.15, 0.2) is 0 Å². The van der Waals surface area contributed by atoms with Crippen molar-refractivity contribution in [2.45, 2.75) is 50.0 Å². The summed E-state index contributed by atoms with van der Waals surface area (Å²) in [6.45, 7) is 0. The Morgan fingerprint density at radius 3 is 1.77 bits per heavy atom. The van der Waals surface area contributed by atoms with E-state index >= 15 is 0 Å². The number of nitrogens with one attached hydrogen (secondary N) is 1. The predicted octanol–water partition coefficient (Wildman–Crippen LogP) is 4.08. The lowest BCUT2D eigenvalue weighted by Crippen LogP contribution is -2.41. The number of hydrogen-bond acceptors (Lipinski definition) is 2. The zero-order valence-electron chi connectivity index (χ0n) is 12.8. The van der Waals surface area contributed by atoms with Gasteiger partial charge in [0, 0.05) is 12.1 Å². The van der Waals surface area contributed by atoms with Crippen molar-refractivity contribution in [2.24, 2.45) is 0 Å². The van der Waals surface area contributed by atoms with Crippen molar-refractivity contribution in [2.75, 3.05) is 0 Å². The Labute approximate surface area is 132 Å². The Morgan fingerprint density at radius 2 is 1.27 bits per heavy atom. The Hall–Kier alpha value is -1.64. The molecule has 0 aromatic heterocycles. The summed E-state index contributed by atoms with van der Waals surface area (Å²) in [5.74, 6) is 0. The van der Waals surface area contributed by atoms with Crippen LogP contribution in [0.3, 0.4) is 0 Å². The number of benzene rings is 2. The minimum absolute atomic E-state index is 0.0462. The van der Waals surface area contributed by atoms with E-state index in [9.17, 15) is 0 Å². The molecule has 2 heterocycles. The van der Waals surface area contributed by atoms with Gasteiger partial charge in [-0.3, -0.25) is 0 Å². The first-order chi connectivity index (χ1) is 10.9. The van der Waals surface area contributed by atoms with Gasteiger partial charge in [0.25, 0.3) is 0 Å². The average molecular weight is 293 g/mol. The number of rotatable bonds is 4. The van der Waals surface area contributed by atoms with E-state index in [1.54, 1.807) is 0 Å². The minimum Gasteiger partial charge on any atom is -0.365 e. The van der Waals surface area contributed by atoms with Crippen LogP contribution in [0.2, 0.25) is 0 Å². The second kappa shape index (κ2) is 6.23. The van der Waals surface area contributed by atoms with Crippen LogP contribution in [0.4, 0.5) is 0 Å². The summed E-state index contributed by atoms with van der Waals surface area (Å²) in [5, 5.41) is 3.69. The van der Waals surface area contributed by atoms with E-state index in [0.29, 0.717) is 18.2 Å². The quantitative estimate of drug-likeness (QED) is 0.917. The van der Waals surface area contributed by atoms with Crippen molar-refractivity contribution in [3.05, 3.63) is 71.8 Å². The van der Waals surface area contributed by atoms with Crippen molar-refractivity contribution in [1.82, 2.24) is 5.32 Å². The SMILES string of the molecule is c1ccc(C(OC2CC3CCC(C2)N3)c2ccccc2)cc1. The van der Waals surface area contributed by atoms with E-state index in [0.717, 1.165) is 12.8 Å². The van der Waals surface area contributed by atoms with E-state index in [2.05, 4.69) is 66.0 Å². The molecule has 0 saturated carbocycles. The largest absolute Gasteiger partial charge is 0.365 e. The molecule has 2 aliphatic heterocycles. The summed E-state index contributed by atoms with van der Waals surface area (Å²) in [5.41, 5.74) is 2.50. The first-order valence-electron chi connectivity index (χ1n) is 8.40. The van der Waals surface area contributed by atoms with Gasteiger partial charge in [0.2, 0.25) is 0 Å². The molecule has 2 heteroatoms. The highest BCUT2D eigenvalue weighted by Crippen LogP contribution is 2.34. The van der Waals surface area contributed by atoms with Crippen molar-refractivity contribution in [3.8, 4) is 0 Å². The summed E-state index contributed by atoms with van der Waals surface area (Å²) < 4.78 is 6.60. The van der Waals surface area contributed by atoms with E-state index in [1.807, 2.05) is 0 Å².